The fourth-order valence-corrected chi connectivity index (χ4v) is 2.81. The summed E-state index contributed by atoms with van der Waals surface area (Å²) in [5, 5.41) is -0.175. The number of hydrogen-bond donors (Lipinski definition) is 1. The number of pyridine rings is 1. The lowest BCUT2D eigenvalue weighted by Gasteiger charge is -2.07. The van der Waals surface area contributed by atoms with Crippen molar-refractivity contribution in [3.8, 4) is 0 Å². The Morgan fingerprint density at radius 3 is 2.88 bits per heavy atom. The van der Waals surface area contributed by atoms with Crippen molar-refractivity contribution in [2.24, 2.45) is 0 Å². The van der Waals surface area contributed by atoms with E-state index in [2.05, 4.69) is 25.7 Å². The monoisotopic (exact) mass is 342 g/mol. The third-order valence-electron chi connectivity index (χ3n) is 1.70. The Kier molecular flexibility index (Phi) is 4.87. The molecule has 17 heavy (non-hydrogen) atoms. The second-order valence-corrected chi connectivity index (χ2v) is 5.85. The number of aromatic nitrogens is 1. The molecule has 0 bridgehead atoms. The third kappa shape index (κ3) is 3.91. The summed E-state index contributed by atoms with van der Waals surface area (Å²) >= 11 is 8.74. The molecule has 6 nitrogen and oxygen atoms in total. The first-order chi connectivity index (χ1) is 7.86. The zero-order chi connectivity index (χ0) is 13.1. The van der Waals surface area contributed by atoms with Crippen LogP contribution >= 0.6 is 27.5 Å². The van der Waals surface area contributed by atoms with Crippen molar-refractivity contribution >= 4 is 43.5 Å². The molecule has 0 aromatic carbocycles. The van der Waals surface area contributed by atoms with Crippen molar-refractivity contribution in [3.63, 3.8) is 0 Å². The van der Waals surface area contributed by atoms with Gasteiger partial charge in [-0.1, -0.05) is 11.6 Å². The first kappa shape index (κ1) is 14.4. The van der Waals surface area contributed by atoms with E-state index in [-0.39, 0.29) is 10.0 Å². The highest BCUT2D eigenvalue weighted by Gasteiger charge is 2.20. The molecule has 0 aliphatic heterocycles. The van der Waals surface area contributed by atoms with Crippen LogP contribution in [0.3, 0.4) is 0 Å². The van der Waals surface area contributed by atoms with Crippen LogP contribution < -0.4 is 4.72 Å². The summed E-state index contributed by atoms with van der Waals surface area (Å²) in [5.41, 5.74) is 0. The maximum Gasteiger partial charge on any atom is 0.320 e. The molecular formula is C8H8BrClN2O4S. The van der Waals surface area contributed by atoms with Gasteiger partial charge in [-0.3, -0.25) is 4.79 Å². The van der Waals surface area contributed by atoms with E-state index >= 15 is 0 Å². The highest BCUT2D eigenvalue weighted by molar-refractivity contribution is 9.10. The molecule has 0 amide bonds. The molecule has 0 aliphatic carbocycles. The van der Waals surface area contributed by atoms with Gasteiger partial charge in [0, 0.05) is 10.7 Å². The summed E-state index contributed by atoms with van der Waals surface area (Å²) in [6, 6.07) is 1.29. The molecule has 9 heteroatoms. The largest absolute Gasteiger partial charge is 0.468 e. The van der Waals surface area contributed by atoms with Gasteiger partial charge in [0.25, 0.3) is 0 Å². The lowest BCUT2D eigenvalue weighted by molar-refractivity contribution is -0.139. The van der Waals surface area contributed by atoms with Crippen LogP contribution in [-0.2, 0) is 19.6 Å². The van der Waals surface area contributed by atoms with Gasteiger partial charge in [-0.25, -0.2) is 13.4 Å². The van der Waals surface area contributed by atoms with Gasteiger partial charge in [-0.05, 0) is 22.0 Å². The van der Waals surface area contributed by atoms with E-state index in [0.29, 0.717) is 4.47 Å². The molecule has 1 rings (SSSR count). The third-order valence-corrected chi connectivity index (χ3v) is 3.96. The van der Waals surface area contributed by atoms with Crippen LogP contribution in [0.1, 0.15) is 0 Å². The molecule has 1 N–H and O–H groups in total. The van der Waals surface area contributed by atoms with Crippen LogP contribution in [0.5, 0.6) is 0 Å². The average Bonchev–Trinajstić information content (AvgIpc) is 2.29. The van der Waals surface area contributed by atoms with E-state index in [1.807, 2.05) is 4.72 Å². The number of hydrogen-bond acceptors (Lipinski definition) is 5. The predicted octanol–water partition coefficient (Wildman–Crippen LogP) is 0.949. The van der Waals surface area contributed by atoms with Crippen LogP contribution in [0.15, 0.2) is 21.6 Å². The number of sulfonamides is 1. The molecule has 0 spiro atoms. The number of carbonyl (C=O) groups is 1. The Bertz CT molecular complexity index is 534. The highest BCUT2D eigenvalue weighted by Crippen LogP contribution is 2.22. The van der Waals surface area contributed by atoms with Crippen LogP contribution in [0.4, 0.5) is 0 Å². The molecule has 0 aliphatic rings. The minimum atomic E-state index is -3.89. The molecule has 0 fully saturated rings. The van der Waals surface area contributed by atoms with Crippen molar-refractivity contribution in [2.75, 3.05) is 13.7 Å². The average molecular weight is 344 g/mol. The topological polar surface area (TPSA) is 85.4 Å². The molecule has 0 unspecified atom stereocenters. The van der Waals surface area contributed by atoms with Crippen LogP contribution in [0.2, 0.25) is 5.15 Å². The Hall–Kier alpha value is -0.700. The maximum absolute atomic E-state index is 11.8. The number of nitrogens with zero attached hydrogens (tertiary/aromatic N) is 1. The van der Waals surface area contributed by atoms with Crippen molar-refractivity contribution in [1.29, 1.82) is 0 Å². The summed E-state index contributed by atoms with van der Waals surface area (Å²) in [5.74, 6) is -0.701. The standard InChI is InChI=1S/C8H8BrClN2O4S/c1-16-7(13)4-12-17(14,15)6-2-5(9)3-11-8(6)10/h2-3,12H,4H2,1H3. The number of nitrogens with one attached hydrogen (secondary N) is 1. The van der Waals surface area contributed by atoms with Crippen molar-refractivity contribution < 1.29 is 17.9 Å². The Morgan fingerprint density at radius 1 is 1.65 bits per heavy atom. The molecule has 0 atom stereocenters. The molecule has 0 saturated heterocycles. The summed E-state index contributed by atoms with van der Waals surface area (Å²) in [4.78, 5) is 14.3. The first-order valence-corrected chi connectivity index (χ1v) is 6.90. The molecule has 0 saturated carbocycles. The number of carbonyl (C=O) groups excluding carboxylic acids is 1. The SMILES string of the molecule is COC(=O)CNS(=O)(=O)c1cc(Br)cnc1Cl. The fourth-order valence-electron chi connectivity index (χ4n) is 0.896. The van der Waals surface area contributed by atoms with Gasteiger partial charge in [0.2, 0.25) is 10.0 Å². The smallest absolute Gasteiger partial charge is 0.320 e. The van der Waals surface area contributed by atoms with Gasteiger partial charge in [0.1, 0.15) is 16.6 Å². The van der Waals surface area contributed by atoms with Gasteiger partial charge >= 0.3 is 5.97 Å². The Morgan fingerprint density at radius 2 is 2.29 bits per heavy atom. The maximum atomic E-state index is 11.8. The van der Waals surface area contributed by atoms with Crippen molar-refractivity contribution in [2.45, 2.75) is 4.90 Å². The summed E-state index contributed by atoms with van der Waals surface area (Å²) in [7, 11) is -2.74. The molecule has 1 heterocycles. The van der Waals surface area contributed by atoms with Crippen LogP contribution in [0, 0.1) is 0 Å². The van der Waals surface area contributed by atoms with Gasteiger partial charge in [0.15, 0.2) is 0 Å². The summed E-state index contributed by atoms with van der Waals surface area (Å²) in [6.07, 6.45) is 1.36. The zero-order valence-electron chi connectivity index (χ0n) is 8.61. The van der Waals surface area contributed by atoms with Crippen molar-refractivity contribution in [1.82, 2.24) is 9.71 Å². The highest BCUT2D eigenvalue weighted by atomic mass is 79.9. The second kappa shape index (κ2) is 5.76. The lowest BCUT2D eigenvalue weighted by atomic mass is 10.5. The number of esters is 1. The van der Waals surface area contributed by atoms with E-state index in [4.69, 9.17) is 11.6 Å². The lowest BCUT2D eigenvalue weighted by Crippen LogP contribution is -2.30. The summed E-state index contributed by atoms with van der Waals surface area (Å²) < 4.78 is 30.3. The van der Waals surface area contributed by atoms with Gasteiger partial charge < -0.3 is 4.74 Å². The van der Waals surface area contributed by atoms with E-state index in [9.17, 15) is 13.2 Å². The van der Waals surface area contributed by atoms with E-state index in [0.717, 1.165) is 7.11 Å². The Balaban J connectivity index is 2.97. The number of ether oxygens (including phenoxy) is 1. The first-order valence-electron chi connectivity index (χ1n) is 4.24. The molecule has 1 aromatic rings. The molecule has 0 radical (unpaired) electrons. The predicted molar refractivity (Wildman–Crippen MR) is 64.2 cm³/mol. The Labute approximate surface area is 112 Å². The van der Waals surface area contributed by atoms with Gasteiger partial charge in [0.05, 0.1) is 7.11 Å². The van der Waals surface area contributed by atoms with Gasteiger partial charge in [-0.2, -0.15) is 4.72 Å². The minimum Gasteiger partial charge on any atom is -0.468 e. The van der Waals surface area contributed by atoms with Crippen LogP contribution in [-0.4, -0.2) is 33.0 Å². The number of methoxy groups -OCH3 is 1. The fraction of sp³-hybridized carbons (Fsp3) is 0.250. The van der Waals surface area contributed by atoms with Crippen LogP contribution in [0.25, 0.3) is 0 Å². The van der Waals surface area contributed by atoms with E-state index < -0.39 is 22.5 Å². The summed E-state index contributed by atoms with van der Waals surface area (Å²) in [6.45, 7) is -0.471. The molecule has 1 aromatic heterocycles. The number of rotatable bonds is 4. The normalized spacial score (nSPS) is 11.2. The van der Waals surface area contributed by atoms with E-state index in [1.54, 1.807) is 0 Å². The molecular weight excluding hydrogens is 336 g/mol. The number of halogens is 2. The zero-order valence-corrected chi connectivity index (χ0v) is 11.8. The molecule has 94 valence electrons. The quantitative estimate of drug-likeness (QED) is 0.650. The minimum absolute atomic E-state index is 0.175. The second-order valence-electron chi connectivity index (χ2n) is 2.84. The van der Waals surface area contributed by atoms with E-state index in [1.165, 1.54) is 12.3 Å². The van der Waals surface area contributed by atoms with Crippen molar-refractivity contribution in [3.05, 3.63) is 21.9 Å². The van der Waals surface area contributed by atoms with Gasteiger partial charge in [-0.15, -0.1) is 0 Å².